The molecule has 0 amide bonds. The van der Waals surface area contributed by atoms with Gasteiger partial charge in [0, 0.05) is 44.8 Å². The van der Waals surface area contributed by atoms with E-state index in [1.165, 1.54) is 63.0 Å². The number of benzene rings is 1. The van der Waals surface area contributed by atoms with E-state index in [0.29, 0.717) is 6.04 Å². The molecule has 3 heteroatoms. The lowest BCUT2D eigenvalue weighted by atomic mass is 10.0. The van der Waals surface area contributed by atoms with Gasteiger partial charge in [-0.25, -0.2) is 0 Å². The van der Waals surface area contributed by atoms with Gasteiger partial charge in [0.25, 0.3) is 0 Å². The first-order valence-corrected chi connectivity index (χ1v) is 8.63. The zero-order valence-electron chi connectivity index (χ0n) is 12.9. The monoisotopic (exact) mass is 285 g/mol. The van der Waals surface area contributed by atoms with Gasteiger partial charge in [0.15, 0.2) is 0 Å². The van der Waals surface area contributed by atoms with E-state index >= 15 is 0 Å². The van der Waals surface area contributed by atoms with Crippen molar-refractivity contribution >= 4 is 0 Å². The molecule has 3 nitrogen and oxygen atoms in total. The summed E-state index contributed by atoms with van der Waals surface area (Å²) in [6.07, 6.45) is 5.59. The first-order chi connectivity index (χ1) is 10.3. The van der Waals surface area contributed by atoms with Gasteiger partial charge in [0.2, 0.25) is 0 Å². The van der Waals surface area contributed by atoms with Crippen LogP contribution in [0.4, 0.5) is 0 Å². The second-order valence-electron chi connectivity index (χ2n) is 7.00. The summed E-state index contributed by atoms with van der Waals surface area (Å²) in [6, 6.07) is 10.6. The first kappa shape index (κ1) is 13.7. The maximum Gasteiger partial charge on any atom is 0.0471 e. The summed E-state index contributed by atoms with van der Waals surface area (Å²) in [5.41, 5.74) is 9.02. The molecule has 1 unspecified atom stereocenters. The molecule has 2 aliphatic carbocycles. The summed E-state index contributed by atoms with van der Waals surface area (Å²) >= 11 is 0. The van der Waals surface area contributed by atoms with Crippen molar-refractivity contribution in [3.63, 3.8) is 0 Å². The maximum absolute atomic E-state index is 6.10. The van der Waals surface area contributed by atoms with Crippen molar-refractivity contribution in [2.75, 3.05) is 32.7 Å². The third-order valence-corrected chi connectivity index (χ3v) is 5.45. The Balaban J connectivity index is 1.41. The quantitative estimate of drug-likeness (QED) is 0.901. The van der Waals surface area contributed by atoms with Gasteiger partial charge >= 0.3 is 0 Å². The smallest absolute Gasteiger partial charge is 0.0471 e. The van der Waals surface area contributed by atoms with E-state index in [0.717, 1.165) is 18.5 Å². The van der Waals surface area contributed by atoms with E-state index in [4.69, 9.17) is 5.73 Å². The highest BCUT2D eigenvalue weighted by Crippen LogP contribution is 2.40. The molecule has 0 aromatic heterocycles. The van der Waals surface area contributed by atoms with Crippen LogP contribution in [-0.2, 0) is 0 Å². The number of hydrogen-bond donors (Lipinski definition) is 1. The normalized spacial score (nSPS) is 26.0. The van der Waals surface area contributed by atoms with E-state index in [9.17, 15) is 0 Å². The van der Waals surface area contributed by atoms with Gasteiger partial charge < -0.3 is 5.73 Å². The van der Waals surface area contributed by atoms with Crippen LogP contribution in [0.5, 0.6) is 0 Å². The van der Waals surface area contributed by atoms with E-state index in [-0.39, 0.29) is 0 Å². The molecule has 2 N–H and O–H groups in total. The van der Waals surface area contributed by atoms with Crippen molar-refractivity contribution in [2.24, 2.45) is 5.73 Å². The fourth-order valence-electron chi connectivity index (χ4n) is 3.76. The Morgan fingerprint density at radius 1 is 0.952 bits per heavy atom. The summed E-state index contributed by atoms with van der Waals surface area (Å²) in [7, 11) is 0. The number of piperazine rings is 1. The summed E-state index contributed by atoms with van der Waals surface area (Å²) in [6.45, 7) is 5.51. The van der Waals surface area contributed by atoms with E-state index in [1.807, 2.05) is 0 Å². The Bertz CT molecular complexity index is 468. The van der Waals surface area contributed by atoms with Crippen LogP contribution in [0.25, 0.3) is 0 Å². The zero-order chi connectivity index (χ0) is 14.2. The maximum atomic E-state index is 6.10. The van der Waals surface area contributed by atoms with Gasteiger partial charge in [0.05, 0.1) is 0 Å². The van der Waals surface area contributed by atoms with Crippen LogP contribution in [0.15, 0.2) is 24.3 Å². The minimum atomic E-state index is 0.402. The van der Waals surface area contributed by atoms with Crippen molar-refractivity contribution in [3.05, 3.63) is 35.4 Å². The van der Waals surface area contributed by atoms with Crippen LogP contribution >= 0.6 is 0 Å². The molecule has 1 heterocycles. The molecule has 3 aliphatic rings. The second-order valence-corrected chi connectivity index (χ2v) is 7.00. The molecule has 1 aromatic rings. The topological polar surface area (TPSA) is 32.5 Å². The molecule has 0 spiro atoms. The van der Waals surface area contributed by atoms with E-state index in [1.54, 1.807) is 0 Å². The molecular formula is C18H27N3. The minimum Gasteiger partial charge on any atom is -0.329 e. The second kappa shape index (κ2) is 5.71. The average Bonchev–Trinajstić information content (AvgIpc) is 3.42. The van der Waals surface area contributed by atoms with Gasteiger partial charge in [-0.3, -0.25) is 9.80 Å². The van der Waals surface area contributed by atoms with Gasteiger partial charge in [-0.1, -0.05) is 24.3 Å². The van der Waals surface area contributed by atoms with Crippen LogP contribution in [0, 0.1) is 0 Å². The van der Waals surface area contributed by atoms with E-state index in [2.05, 4.69) is 34.1 Å². The predicted octanol–water partition coefficient (Wildman–Crippen LogP) is 2.34. The molecule has 1 saturated heterocycles. The summed E-state index contributed by atoms with van der Waals surface area (Å²) < 4.78 is 0. The van der Waals surface area contributed by atoms with Gasteiger partial charge in [0.1, 0.15) is 0 Å². The highest BCUT2D eigenvalue weighted by molar-refractivity contribution is 5.30. The Morgan fingerprint density at radius 3 is 2.14 bits per heavy atom. The van der Waals surface area contributed by atoms with Gasteiger partial charge in [-0.2, -0.15) is 0 Å². The number of hydrogen-bond acceptors (Lipinski definition) is 3. The van der Waals surface area contributed by atoms with Crippen LogP contribution in [0.1, 0.15) is 48.8 Å². The largest absolute Gasteiger partial charge is 0.329 e. The molecular weight excluding hydrogens is 258 g/mol. The van der Waals surface area contributed by atoms with Crippen LogP contribution in [0.2, 0.25) is 0 Å². The molecule has 114 valence electrons. The Morgan fingerprint density at radius 2 is 1.62 bits per heavy atom. The Labute approximate surface area is 128 Å². The molecule has 1 aromatic carbocycles. The molecule has 0 radical (unpaired) electrons. The third-order valence-electron chi connectivity index (χ3n) is 5.45. The highest BCUT2D eigenvalue weighted by atomic mass is 15.3. The summed E-state index contributed by atoms with van der Waals surface area (Å²) in [4.78, 5) is 5.26. The molecule has 0 bridgehead atoms. The van der Waals surface area contributed by atoms with Gasteiger partial charge in [-0.15, -0.1) is 0 Å². The molecule has 1 atom stereocenters. The summed E-state index contributed by atoms with van der Waals surface area (Å²) in [5, 5.41) is 0. The fraction of sp³-hybridized carbons (Fsp3) is 0.667. The van der Waals surface area contributed by atoms with Crippen molar-refractivity contribution in [1.29, 1.82) is 0 Å². The van der Waals surface area contributed by atoms with Crippen LogP contribution in [-0.4, -0.2) is 48.6 Å². The Kier molecular flexibility index (Phi) is 3.74. The lowest BCUT2D eigenvalue weighted by molar-refractivity contribution is 0.0938. The Hall–Kier alpha value is -0.900. The van der Waals surface area contributed by atoms with Crippen molar-refractivity contribution in [1.82, 2.24) is 9.80 Å². The number of nitrogens with zero attached hydrogens (tertiary/aromatic N) is 2. The standard InChI is InChI=1S/C18H27N3/c19-13-18(16-5-3-15(4-6-16)14-1-2-14)21-11-9-20(10-12-21)17-7-8-17/h3-6,14,17-18H,1-2,7-13,19H2. The lowest BCUT2D eigenvalue weighted by Gasteiger charge is -2.39. The molecule has 3 fully saturated rings. The molecule has 2 saturated carbocycles. The van der Waals surface area contributed by atoms with E-state index < -0.39 is 0 Å². The van der Waals surface area contributed by atoms with Crippen molar-refractivity contribution in [3.8, 4) is 0 Å². The molecule has 1 aliphatic heterocycles. The van der Waals surface area contributed by atoms with Crippen molar-refractivity contribution < 1.29 is 0 Å². The third kappa shape index (κ3) is 3.01. The molecule has 21 heavy (non-hydrogen) atoms. The first-order valence-electron chi connectivity index (χ1n) is 8.63. The van der Waals surface area contributed by atoms with Crippen molar-refractivity contribution in [2.45, 2.75) is 43.7 Å². The molecule has 4 rings (SSSR count). The zero-order valence-corrected chi connectivity index (χ0v) is 12.9. The number of nitrogens with two attached hydrogens (primary N) is 1. The van der Waals surface area contributed by atoms with Gasteiger partial charge in [-0.05, 0) is 42.7 Å². The fourth-order valence-corrected chi connectivity index (χ4v) is 3.76. The van der Waals surface area contributed by atoms with Crippen LogP contribution < -0.4 is 5.73 Å². The lowest BCUT2D eigenvalue weighted by Crippen LogP contribution is -2.49. The summed E-state index contributed by atoms with van der Waals surface area (Å²) in [5.74, 6) is 0.845. The van der Waals surface area contributed by atoms with Crippen LogP contribution in [0.3, 0.4) is 0 Å². The average molecular weight is 285 g/mol. The minimum absolute atomic E-state index is 0.402. The highest BCUT2D eigenvalue weighted by Gasteiger charge is 2.33. The predicted molar refractivity (Wildman–Crippen MR) is 86.4 cm³/mol. The SMILES string of the molecule is NCC(c1ccc(C2CC2)cc1)N1CCN(C2CC2)CC1. The number of rotatable bonds is 5.